The Bertz CT molecular complexity index is 1200. The summed E-state index contributed by atoms with van der Waals surface area (Å²) in [6, 6.07) is 15.1. The molecule has 1 amide bonds. The third kappa shape index (κ3) is 2.90. The van der Waals surface area contributed by atoms with Crippen LogP contribution in [0.2, 0.25) is 0 Å². The maximum absolute atomic E-state index is 13.1. The normalized spacial score (nSPS) is 21.8. The molecular formula is C23H21NO4S. The first kappa shape index (κ1) is 18.2. The zero-order valence-corrected chi connectivity index (χ0v) is 16.9. The number of hydrogen-bond acceptors (Lipinski definition) is 4. The number of rotatable bonds is 3. The fourth-order valence-corrected chi connectivity index (χ4v) is 6.71. The number of furan rings is 1. The van der Waals surface area contributed by atoms with Crippen LogP contribution in [-0.4, -0.2) is 37.6 Å². The van der Waals surface area contributed by atoms with E-state index in [9.17, 15) is 13.2 Å². The van der Waals surface area contributed by atoms with E-state index < -0.39 is 15.1 Å². The molecule has 0 spiro atoms. The molecule has 148 valence electrons. The first-order valence-corrected chi connectivity index (χ1v) is 11.2. The van der Waals surface area contributed by atoms with E-state index >= 15 is 0 Å². The number of nitrogens with zero attached hydrogens (tertiary/aromatic N) is 1. The van der Waals surface area contributed by atoms with Gasteiger partial charge in [-0.3, -0.25) is 4.79 Å². The lowest BCUT2D eigenvalue weighted by molar-refractivity contribution is -0.129. The van der Waals surface area contributed by atoms with E-state index in [2.05, 4.69) is 0 Å². The minimum Gasteiger partial charge on any atom is -0.472 e. The van der Waals surface area contributed by atoms with Gasteiger partial charge in [-0.05, 0) is 47.4 Å². The number of sulfone groups is 1. The molecule has 6 heteroatoms. The average molecular weight is 407 g/mol. The van der Waals surface area contributed by atoms with Crippen LogP contribution in [0.5, 0.6) is 0 Å². The van der Waals surface area contributed by atoms with E-state index in [1.807, 2.05) is 49.4 Å². The highest BCUT2D eigenvalue weighted by Crippen LogP contribution is 2.46. The molecular weight excluding hydrogens is 386 g/mol. The van der Waals surface area contributed by atoms with Crippen molar-refractivity contribution in [3.63, 3.8) is 0 Å². The van der Waals surface area contributed by atoms with Gasteiger partial charge in [-0.1, -0.05) is 30.3 Å². The summed E-state index contributed by atoms with van der Waals surface area (Å²) in [5.41, 5.74) is 4.72. The Morgan fingerprint density at radius 1 is 1.10 bits per heavy atom. The molecule has 0 saturated carbocycles. The molecule has 3 aromatic rings. The van der Waals surface area contributed by atoms with Gasteiger partial charge in [0.2, 0.25) is 5.91 Å². The summed E-state index contributed by atoms with van der Waals surface area (Å²) < 4.78 is 31.3. The summed E-state index contributed by atoms with van der Waals surface area (Å²) in [6.45, 7) is 2.68. The molecule has 3 heterocycles. The molecule has 0 radical (unpaired) electrons. The fourth-order valence-electron chi connectivity index (χ4n) is 4.54. The van der Waals surface area contributed by atoms with Gasteiger partial charge in [0.05, 0.1) is 29.1 Å². The molecule has 2 atom stereocenters. The number of benzene rings is 2. The highest BCUT2D eigenvalue weighted by Gasteiger charge is 2.51. The second-order valence-corrected chi connectivity index (χ2v) is 9.99. The lowest BCUT2D eigenvalue weighted by Gasteiger charge is -2.18. The Labute approximate surface area is 169 Å². The van der Waals surface area contributed by atoms with Crippen LogP contribution < -0.4 is 0 Å². The van der Waals surface area contributed by atoms with Gasteiger partial charge in [-0.25, -0.2) is 8.42 Å². The van der Waals surface area contributed by atoms with E-state index in [0.29, 0.717) is 17.9 Å². The molecule has 1 aromatic heterocycles. The predicted octanol–water partition coefficient (Wildman–Crippen LogP) is 3.58. The number of carbonyl (C=O) groups excluding carboxylic acids is 1. The van der Waals surface area contributed by atoms with Gasteiger partial charge in [-0.15, -0.1) is 0 Å². The van der Waals surface area contributed by atoms with Crippen molar-refractivity contribution in [2.75, 3.05) is 13.1 Å². The summed E-state index contributed by atoms with van der Waals surface area (Å²) in [7, 11) is -3.43. The minimum atomic E-state index is -3.43. The van der Waals surface area contributed by atoms with E-state index in [1.54, 1.807) is 23.5 Å². The summed E-state index contributed by atoms with van der Waals surface area (Å²) in [6.07, 6.45) is 3.55. The highest BCUT2D eigenvalue weighted by atomic mass is 32.2. The van der Waals surface area contributed by atoms with Crippen molar-refractivity contribution in [1.82, 2.24) is 4.90 Å². The second kappa shape index (κ2) is 6.59. The Kier molecular flexibility index (Phi) is 4.13. The largest absolute Gasteiger partial charge is 0.472 e. The maximum atomic E-state index is 13.1. The topological polar surface area (TPSA) is 67.6 Å². The van der Waals surface area contributed by atoms with Crippen LogP contribution in [0.4, 0.5) is 0 Å². The van der Waals surface area contributed by atoms with Crippen LogP contribution in [0.3, 0.4) is 0 Å². The number of likely N-dealkylation sites (tertiary alicyclic amines) is 1. The van der Waals surface area contributed by atoms with Crippen LogP contribution in [-0.2, 0) is 21.1 Å². The number of fused-ring (bicyclic) bond motifs is 3. The smallest absolute Gasteiger partial charge is 0.227 e. The van der Waals surface area contributed by atoms with E-state index in [0.717, 1.165) is 27.8 Å². The van der Waals surface area contributed by atoms with Gasteiger partial charge in [0, 0.05) is 24.6 Å². The molecule has 29 heavy (non-hydrogen) atoms. The van der Waals surface area contributed by atoms with Crippen molar-refractivity contribution in [3.8, 4) is 11.1 Å². The summed E-state index contributed by atoms with van der Waals surface area (Å²) in [5.74, 6) is -0.195. The zero-order valence-electron chi connectivity index (χ0n) is 16.0. The van der Waals surface area contributed by atoms with E-state index in [1.165, 1.54) is 0 Å². The highest BCUT2D eigenvalue weighted by molar-refractivity contribution is 7.92. The molecule has 2 aliphatic rings. The van der Waals surface area contributed by atoms with Gasteiger partial charge in [0.25, 0.3) is 0 Å². The average Bonchev–Trinajstić information content (AvgIpc) is 3.42. The van der Waals surface area contributed by atoms with Crippen LogP contribution in [0, 0.1) is 6.92 Å². The Morgan fingerprint density at radius 3 is 2.69 bits per heavy atom. The van der Waals surface area contributed by atoms with Crippen molar-refractivity contribution in [3.05, 3.63) is 77.7 Å². The van der Waals surface area contributed by atoms with Crippen LogP contribution in [0.1, 0.15) is 22.6 Å². The third-order valence-corrected chi connectivity index (χ3v) is 8.45. The van der Waals surface area contributed by atoms with Crippen LogP contribution in [0.25, 0.3) is 11.1 Å². The quantitative estimate of drug-likeness (QED) is 0.666. The zero-order chi connectivity index (χ0) is 20.2. The minimum absolute atomic E-state index is 0.0172. The molecule has 2 aromatic carbocycles. The lowest BCUT2D eigenvalue weighted by Crippen LogP contribution is -2.33. The Morgan fingerprint density at radius 2 is 1.93 bits per heavy atom. The molecule has 5 rings (SSSR count). The maximum Gasteiger partial charge on any atom is 0.227 e. The van der Waals surface area contributed by atoms with Crippen molar-refractivity contribution in [2.45, 2.75) is 29.4 Å². The first-order valence-electron chi connectivity index (χ1n) is 9.68. The fraction of sp³-hybridized carbons (Fsp3) is 0.261. The van der Waals surface area contributed by atoms with Gasteiger partial charge in [0.15, 0.2) is 9.84 Å². The summed E-state index contributed by atoms with van der Waals surface area (Å²) >= 11 is 0. The molecule has 2 unspecified atom stereocenters. The Balaban J connectivity index is 1.44. The Hall–Kier alpha value is -2.86. The lowest BCUT2D eigenvalue weighted by atomic mass is 9.95. The van der Waals surface area contributed by atoms with Crippen molar-refractivity contribution in [2.24, 2.45) is 0 Å². The van der Waals surface area contributed by atoms with Gasteiger partial charge >= 0.3 is 0 Å². The van der Waals surface area contributed by atoms with E-state index in [-0.39, 0.29) is 18.4 Å². The monoisotopic (exact) mass is 407 g/mol. The second-order valence-electron chi connectivity index (χ2n) is 7.86. The third-order valence-electron chi connectivity index (χ3n) is 6.19. The van der Waals surface area contributed by atoms with Crippen LogP contribution in [0.15, 0.2) is 70.4 Å². The molecule has 1 fully saturated rings. The van der Waals surface area contributed by atoms with Crippen molar-refractivity contribution < 1.29 is 17.6 Å². The summed E-state index contributed by atoms with van der Waals surface area (Å²) in [4.78, 5) is 15.0. The number of carbonyl (C=O) groups is 1. The van der Waals surface area contributed by atoms with Gasteiger partial charge < -0.3 is 9.32 Å². The molecule has 0 bridgehead atoms. The van der Waals surface area contributed by atoms with Gasteiger partial charge in [-0.2, -0.15) is 0 Å². The van der Waals surface area contributed by atoms with Crippen LogP contribution >= 0.6 is 0 Å². The predicted molar refractivity (Wildman–Crippen MR) is 109 cm³/mol. The van der Waals surface area contributed by atoms with E-state index in [4.69, 9.17) is 4.42 Å². The molecule has 1 saturated heterocycles. The SMILES string of the molecule is Cc1ccccc1CC(=O)N1CC2c3cc(-c4ccoc4)ccc3S(=O)(=O)C2C1. The standard InChI is InChI=1S/C23H21NO4S/c1-15-4-2-3-5-16(15)11-23(25)24-12-20-19-10-17(18-8-9-28-14-18)6-7-21(19)29(26,27)22(20)13-24/h2-10,14,20,22H,11-13H2,1H3. The number of hydrogen-bond donors (Lipinski definition) is 0. The molecule has 0 aliphatic carbocycles. The number of amides is 1. The van der Waals surface area contributed by atoms with Crippen molar-refractivity contribution >= 4 is 15.7 Å². The first-order chi connectivity index (χ1) is 13.9. The molecule has 5 nitrogen and oxygen atoms in total. The number of aryl methyl sites for hydroxylation is 1. The molecule has 0 N–H and O–H groups in total. The molecule has 2 aliphatic heterocycles. The van der Waals surface area contributed by atoms with Crippen molar-refractivity contribution in [1.29, 1.82) is 0 Å². The summed E-state index contributed by atoms with van der Waals surface area (Å²) in [5, 5.41) is -0.557. The van der Waals surface area contributed by atoms with Gasteiger partial charge in [0.1, 0.15) is 0 Å².